The van der Waals surface area contributed by atoms with Crippen LogP contribution < -0.4 is 11.3 Å². The Labute approximate surface area is 127 Å². The molecule has 1 aromatic rings. The Morgan fingerprint density at radius 3 is 2.75 bits per heavy atom. The van der Waals surface area contributed by atoms with Gasteiger partial charge in [-0.25, -0.2) is 0 Å². The van der Waals surface area contributed by atoms with E-state index >= 15 is 0 Å². The van der Waals surface area contributed by atoms with Gasteiger partial charge in [0.1, 0.15) is 0 Å². The smallest absolute Gasteiger partial charge is 0.0847 e. The first kappa shape index (κ1) is 15.8. The first-order valence-corrected chi connectivity index (χ1v) is 8.21. The highest BCUT2D eigenvalue weighted by molar-refractivity contribution is 6.31. The van der Waals surface area contributed by atoms with Gasteiger partial charge in [0, 0.05) is 19.0 Å². The number of halogens is 1. The van der Waals surface area contributed by atoms with Crippen LogP contribution in [0.4, 0.5) is 0 Å². The average molecular weight is 299 g/mol. The number of hydrogen-bond acceptors (Lipinski definition) is 3. The zero-order valence-electron chi connectivity index (χ0n) is 12.7. The summed E-state index contributed by atoms with van der Waals surface area (Å²) in [4.78, 5) is 0. The molecule has 0 bridgehead atoms. The monoisotopic (exact) mass is 298 g/mol. The Kier molecular flexibility index (Phi) is 5.87. The lowest BCUT2D eigenvalue weighted by Gasteiger charge is -2.18. The molecule has 1 atom stereocenters. The first-order chi connectivity index (χ1) is 9.65. The summed E-state index contributed by atoms with van der Waals surface area (Å²) in [6.07, 6.45) is 8.83. The van der Waals surface area contributed by atoms with Crippen LogP contribution in [0.25, 0.3) is 0 Å². The second-order valence-corrected chi connectivity index (χ2v) is 6.34. The summed E-state index contributed by atoms with van der Waals surface area (Å²) in [5, 5.41) is 5.27. The SMILES string of the molecule is CCn1nc(C)c(Cl)c1CC(CCC1CCCC1)NN. The zero-order valence-corrected chi connectivity index (χ0v) is 13.4. The fourth-order valence-electron chi connectivity index (χ4n) is 3.28. The van der Waals surface area contributed by atoms with Crippen molar-refractivity contribution in [2.75, 3.05) is 0 Å². The average Bonchev–Trinajstić information content (AvgIpc) is 3.06. The van der Waals surface area contributed by atoms with Crippen LogP contribution in [0.2, 0.25) is 5.02 Å². The van der Waals surface area contributed by atoms with E-state index in [1.165, 1.54) is 32.1 Å². The number of hydrogen-bond donors (Lipinski definition) is 2. The third-order valence-corrected chi connectivity index (χ3v) is 5.02. The molecule has 0 spiro atoms. The number of nitrogens with zero attached hydrogens (tertiary/aromatic N) is 2. The molecular formula is C15H27ClN4. The number of nitrogens with one attached hydrogen (secondary N) is 1. The van der Waals surface area contributed by atoms with Gasteiger partial charge in [-0.1, -0.05) is 37.3 Å². The lowest BCUT2D eigenvalue weighted by atomic mass is 9.96. The third-order valence-electron chi connectivity index (χ3n) is 4.53. The summed E-state index contributed by atoms with van der Waals surface area (Å²) in [7, 11) is 0. The molecule has 4 nitrogen and oxygen atoms in total. The van der Waals surface area contributed by atoms with E-state index < -0.39 is 0 Å². The maximum absolute atomic E-state index is 6.37. The topological polar surface area (TPSA) is 55.9 Å². The van der Waals surface area contributed by atoms with E-state index in [0.717, 1.165) is 41.7 Å². The molecule has 0 saturated heterocycles. The van der Waals surface area contributed by atoms with Gasteiger partial charge in [-0.05, 0) is 32.6 Å². The van der Waals surface area contributed by atoms with Crippen LogP contribution in [-0.4, -0.2) is 15.8 Å². The van der Waals surface area contributed by atoms with Gasteiger partial charge in [-0.15, -0.1) is 0 Å². The Morgan fingerprint density at radius 1 is 1.45 bits per heavy atom. The van der Waals surface area contributed by atoms with Crippen molar-refractivity contribution in [2.45, 2.75) is 71.4 Å². The second-order valence-electron chi connectivity index (χ2n) is 5.96. The largest absolute Gasteiger partial charge is 0.271 e. The van der Waals surface area contributed by atoms with Crippen molar-refractivity contribution in [3.05, 3.63) is 16.4 Å². The highest BCUT2D eigenvalue weighted by Crippen LogP contribution is 2.29. The standard InChI is InChI=1S/C15H27ClN4/c1-3-20-14(15(16)11(2)19-20)10-13(18-17)9-8-12-6-4-5-7-12/h12-13,18H,3-10,17H2,1-2H3. The van der Waals surface area contributed by atoms with Gasteiger partial charge in [0.15, 0.2) is 0 Å². The van der Waals surface area contributed by atoms with Gasteiger partial charge in [0.05, 0.1) is 16.4 Å². The molecule has 2 rings (SSSR count). The predicted octanol–water partition coefficient (Wildman–Crippen LogP) is 3.21. The van der Waals surface area contributed by atoms with E-state index in [9.17, 15) is 0 Å². The summed E-state index contributed by atoms with van der Waals surface area (Å²) < 4.78 is 2.00. The minimum atomic E-state index is 0.287. The second kappa shape index (κ2) is 7.43. The normalized spacial score (nSPS) is 17.8. The van der Waals surface area contributed by atoms with Gasteiger partial charge in [-0.3, -0.25) is 16.0 Å². The number of rotatable bonds is 7. The molecule has 3 N–H and O–H groups in total. The number of nitrogens with two attached hydrogens (primary N) is 1. The van der Waals surface area contributed by atoms with Crippen LogP contribution in [0, 0.1) is 12.8 Å². The van der Waals surface area contributed by atoms with Crippen LogP contribution in [0.15, 0.2) is 0 Å². The van der Waals surface area contributed by atoms with E-state index in [4.69, 9.17) is 17.4 Å². The predicted molar refractivity (Wildman–Crippen MR) is 83.7 cm³/mol. The number of hydrazine groups is 1. The van der Waals surface area contributed by atoms with Gasteiger partial charge >= 0.3 is 0 Å². The summed E-state index contributed by atoms with van der Waals surface area (Å²) in [6.45, 7) is 4.90. The van der Waals surface area contributed by atoms with Crippen molar-refractivity contribution in [2.24, 2.45) is 11.8 Å². The van der Waals surface area contributed by atoms with Crippen LogP contribution in [0.3, 0.4) is 0 Å². The van der Waals surface area contributed by atoms with E-state index in [-0.39, 0.29) is 6.04 Å². The first-order valence-electron chi connectivity index (χ1n) is 7.83. The number of aromatic nitrogens is 2. The lowest BCUT2D eigenvalue weighted by molar-refractivity contribution is 0.400. The Bertz CT molecular complexity index is 424. The fraction of sp³-hybridized carbons (Fsp3) is 0.800. The molecule has 0 amide bonds. The van der Waals surface area contributed by atoms with Crippen LogP contribution in [0.1, 0.15) is 56.8 Å². The van der Waals surface area contributed by atoms with Crippen molar-refractivity contribution in [3.63, 3.8) is 0 Å². The van der Waals surface area contributed by atoms with Gasteiger partial charge in [-0.2, -0.15) is 5.10 Å². The molecule has 1 aromatic heterocycles. The molecule has 1 saturated carbocycles. The molecule has 0 aromatic carbocycles. The highest BCUT2D eigenvalue weighted by Gasteiger charge is 2.20. The van der Waals surface area contributed by atoms with Gasteiger partial charge < -0.3 is 0 Å². The Balaban J connectivity index is 1.95. The van der Waals surface area contributed by atoms with E-state index in [0.29, 0.717) is 0 Å². The van der Waals surface area contributed by atoms with E-state index in [2.05, 4.69) is 17.4 Å². The van der Waals surface area contributed by atoms with Gasteiger partial charge in [0.25, 0.3) is 0 Å². The van der Waals surface area contributed by atoms with E-state index in [1.54, 1.807) is 0 Å². The van der Waals surface area contributed by atoms with Crippen LogP contribution in [0.5, 0.6) is 0 Å². The van der Waals surface area contributed by atoms with Crippen LogP contribution >= 0.6 is 11.6 Å². The van der Waals surface area contributed by atoms with Gasteiger partial charge in [0.2, 0.25) is 0 Å². The summed E-state index contributed by atoms with van der Waals surface area (Å²) in [5.74, 6) is 6.63. The zero-order chi connectivity index (χ0) is 14.5. The summed E-state index contributed by atoms with van der Waals surface area (Å²) in [5.41, 5.74) is 4.99. The summed E-state index contributed by atoms with van der Waals surface area (Å²) >= 11 is 6.37. The fourth-order valence-corrected chi connectivity index (χ4v) is 3.49. The maximum Gasteiger partial charge on any atom is 0.0847 e. The lowest BCUT2D eigenvalue weighted by Crippen LogP contribution is -2.37. The molecule has 1 unspecified atom stereocenters. The van der Waals surface area contributed by atoms with E-state index in [1.807, 2.05) is 11.6 Å². The molecule has 20 heavy (non-hydrogen) atoms. The highest BCUT2D eigenvalue weighted by atomic mass is 35.5. The molecule has 5 heteroatoms. The summed E-state index contributed by atoms with van der Waals surface area (Å²) in [6, 6.07) is 0.287. The van der Waals surface area contributed by atoms with Crippen molar-refractivity contribution < 1.29 is 0 Å². The third kappa shape index (κ3) is 3.74. The molecule has 1 fully saturated rings. The van der Waals surface area contributed by atoms with Crippen molar-refractivity contribution in [1.82, 2.24) is 15.2 Å². The van der Waals surface area contributed by atoms with Crippen LogP contribution in [-0.2, 0) is 13.0 Å². The molecule has 1 aliphatic rings. The van der Waals surface area contributed by atoms with Crippen molar-refractivity contribution in [3.8, 4) is 0 Å². The molecule has 0 aliphatic heterocycles. The Morgan fingerprint density at radius 2 is 2.15 bits per heavy atom. The molecular weight excluding hydrogens is 272 g/mol. The van der Waals surface area contributed by atoms with Crippen molar-refractivity contribution in [1.29, 1.82) is 0 Å². The minimum absolute atomic E-state index is 0.287. The maximum atomic E-state index is 6.37. The quantitative estimate of drug-likeness (QED) is 0.600. The number of aryl methyl sites for hydroxylation is 2. The molecule has 1 aliphatic carbocycles. The minimum Gasteiger partial charge on any atom is -0.271 e. The molecule has 1 heterocycles. The Hall–Kier alpha value is -0.580. The molecule has 0 radical (unpaired) electrons. The van der Waals surface area contributed by atoms with Crippen molar-refractivity contribution >= 4 is 11.6 Å². The molecule has 114 valence electrons.